The van der Waals surface area contributed by atoms with Crippen LogP contribution in [0.25, 0.3) is 0 Å². The van der Waals surface area contributed by atoms with Gasteiger partial charge in [0.25, 0.3) is 0 Å². The second kappa shape index (κ2) is 14.5. The predicted molar refractivity (Wildman–Crippen MR) is 164 cm³/mol. The Morgan fingerprint density at radius 3 is 2.05 bits per heavy atom. The van der Waals surface area contributed by atoms with Gasteiger partial charge in [0.05, 0.1) is 11.7 Å². The quantitative estimate of drug-likeness (QED) is 0.193. The molecule has 0 saturated heterocycles. The molecule has 5 heteroatoms. The van der Waals surface area contributed by atoms with E-state index in [2.05, 4.69) is 60.7 Å². The van der Waals surface area contributed by atoms with Crippen LogP contribution in [0.2, 0.25) is 0 Å². The highest BCUT2D eigenvalue weighted by atomic mass is 16.6. The molecule has 0 spiro atoms. The standard InChI is InChI=1S/C35H50N2O3/c1-7-27(29-16-18-32(38)19-17-29)14-15-30(28-12-10-9-11-13-28)20-22-35(6,33(39)40-34(3,4)5)23-21-31(8-2)37-25-24-36-26-37/h9-13,16-19,24-27,30-31,38H,7-8,14-15,20-23H2,1-6H3. The van der Waals surface area contributed by atoms with Crippen LogP contribution in [-0.2, 0) is 9.53 Å². The van der Waals surface area contributed by atoms with Crippen LogP contribution in [-0.4, -0.2) is 26.2 Å². The zero-order valence-electron chi connectivity index (χ0n) is 25.5. The molecule has 40 heavy (non-hydrogen) atoms. The topological polar surface area (TPSA) is 64.4 Å². The van der Waals surface area contributed by atoms with Gasteiger partial charge in [-0.3, -0.25) is 4.79 Å². The second-order valence-electron chi connectivity index (χ2n) is 12.6. The maximum Gasteiger partial charge on any atom is 0.312 e. The molecule has 0 saturated carbocycles. The Kier molecular flexibility index (Phi) is 11.4. The van der Waals surface area contributed by atoms with Crippen molar-refractivity contribution in [2.45, 2.75) is 116 Å². The molecule has 0 amide bonds. The number of hydrogen-bond donors (Lipinski definition) is 1. The minimum absolute atomic E-state index is 0.0946. The van der Waals surface area contributed by atoms with E-state index in [0.717, 1.165) is 51.4 Å². The Morgan fingerprint density at radius 1 is 0.850 bits per heavy atom. The van der Waals surface area contributed by atoms with E-state index in [1.807, 2.05) is 51.6 Å². The normalized spacial score (nSPS) is 15.7. The van der Waals surface area contributed by atoms with Gasteiger partial charge in [-0.05, 0) is 114 Å². The summed E-state index contributed by atoms with van der Waals surface area (Å²) >= 11 is 0. The average Bonchev–Trinajstić information content (AvgIpc) is 3.46. The molecular formula is C35H50N2O3. The number of phenols is 1. The molecular weight excluding hydrogens is 496 g/mol. The summed E-state index contributed by atoms with van der Waals surface area (Å²) in [4.78, 5) is 17.9. The molecule has 2 aromatic carbocycles. The molecule has 3 aromatic rings. The number of phenolic OH excluding ortho intramolecular Hbond substituents is 1. The Bertz CT molecular complexity index is 1140. The Hall–Kier alpha value is -3.08. The number of rotatable bonds is 15. The van der Waals surface area contributed by atoms with E-state index >= 15 is 0 Å². The number of carbonyl (C=O) groups is 1. The van der Waals surface area contributed by atoms with Gasteiger partial charge in [-0.15, -0.1) is 0 Å². The van der Waals surface area contributed by atoms with E-state index in [1.165, 1.54) is 11.1 Å². The van der Waals surface area contributed by atoms with Crippen molar-refractivity contribution in [1.29, 1.82) is 0 Å². The molecule has 0 aliphatic rings. The molecule has 0 bridgehead atoms. The molecule has 0 aliphatic carbocycles. The highest BCUT2D eigenvalue weighted by molar-refractivity contribution is 5.76. The molecule has 5 nitrogen and oxygen atoms in total. The van der Waals surface area contributed by atoms with E-state index in [1.54, 1.807) is 12.1 Å². The largest absolute Gasteiger partial charge is 0.508 e. The number of ether oxygens (including phenoxy) is 1. The lowest BCUT2D eigenvalue weighted by Crippen LogP contribution is -2.36. The molecule has 1 aromatic heterocycles. The van der Waals surface area contributed by atoms with Crippen LogP contribution >= 0.6 is 0 Å². The van der Waals surface area contributed by atoms with Crippen molar-refractivity contribution < 1.29 is 14.6 Å². The van der Waals surface area contributed by atoms with Crippen molar-refractivity contribution in [1.82, 2.24) is 9.55 Å². The summed E-state index contributed by atoms with van der Waals surface area (Å²) in [5.41, 5.74) is 1.51. The van der Waals surface area contributed by atoms with Crippen LogP contribution in [0.1, 0.15) is 122 Å². The number of carbonyl (C=O) groups excluding carboxylic acids is 1. The summed E-state index contributed by atoms with van der Waals surface area (Å²) in [6.07, 6.45) is 13.2. The number of esters is 1. The summed E-state index contributed by atoms with van der Waals surface area (Å²) in [5.74, 6) is 0.998. The fraction of sp³-hybridized carbons (Fsp3) is 0.543. The average molecular weight is 547 g/mol. The van der Waals surface area contributed by atoms with E-state index < -0.39 is 11.0 Å². The Labute approximate surface area is 242 Å². The molecule has 4 atom stereocenters. The van der Waals surface area contributed by atoms with Crippen LogP contribution in [0.5, 0.6) is 5.75 Å². The van der Waals surface area contributed by atoms with E-state index in [-0.39, 0.29) is 5.97 Å². The molecule has 1 heterocycles. The monoisotopic (exact) mass is 546 g/mol. The van der Waals surface area contributed by atoms with E-state index in [4.69, 9.17) is 4.74 Å². The van der Waals surface area contributed by atoms with E-state index in [0.29, 0.717) is 23.6 Å². The first kappa shape index (κ1) is 31.4. The molecule has 0 radical (unpaired) electrons. The Morgan fingerprint density at radius 2 is 1.48 bits per heavy atom. The zero-order chi connectivity index (χ0) is 29.2. The Balaban J connectivity index is 1.78. The summed E-state index contributed by atoms with van der Waals surface area (Å²) < 4.78 is 8.17. The first-order valence-electron chi connectivity index (χ1n) is 15.1. The second-order valence-corrected chi connectivity index (χ2v) is 12.6. The first-order chi connectivity index (χ1) is 19.0. The summed E-state index contributed by atoms with van der Waals surface area (Å²) in [5, 5.41) is 9.74. The van der Waals surface area contributed by atoms with Crippen LogP contribution in [0.4, 0.5) is 0 Å². The fourth-order valence-electron chi connectivity index (χ4n) is 5.72. The smallest absolute Gasteiger partial charge is 0.312 e. The highest BCUT2D eigenvalue weighted by Crippen LogP contribution is 2.40. The highest BCUT2D eigenvalue weighted by Gasteiger charge is 2.38. The maximum absolute atomic E-state index is 13.7. The third-order valence-corrected chi connectivity index (χ3v) is 8.38. The lowest BCUT2D eigenvalue weighted by atomic mass is 9.75. The van der Waals surface area contributed by atoms with Crippen molar-refractivity contribution in [2.75, 3.05) is 0 Å². The maximum atomic E-state index is 13.7. The third-order valence-electron chi connectivity index (χ3n) is 8.38. The SMILES string of the molecule is CCC(CCC(CCC(C)(CCC(CC)n1ccnc1)C(=O)OC(C)(C)C)c1ccccc1)c1ccc(O)cc1. The van der Waals surface area contributed by atoms with Gasteiger partial charge in [0.2, 0.25) is 0 Å². The number of hydrogen-bond acceptors (Lipinski definition) is 4. The molecule has 0 fully saturated rings. The van der Waals surface area contributed by atoms with Crippen molar-refractivity contribution in [3.8, 4) is 5.75 Å². The number of aromatic hydroxyl groups is 1. The van der Waals surface area contributed by atoms with Gasteiger partial charge >= 0.3 is 5.97 Å². The van der Waals surface area contributed by atoms with Crippen molar-refractivity contribution >= 4 is 5.97 Å². The number of benzene rings is 2. The summed E-state index contributed by atoms with van der Waals surface area (Å²) in [6, 6.07) is 18.7. The molecule has 0 aliphatic heterocycles. The fourth-order valence-corrected chi connectivity index (χ4v) is 5.72. The molecule has 4 unspecified atom stereocenters. The number of nitrogens with zero attached hydrogens (tertiary/aromatic N) is 2. The first-order valence-corrected chi connectivity index (χ1v) is 15.1. The van der Waals surface area contributed by atoms with Gasteiger partial charge in [-0.2, -0.15) is 0 Å². The summed E-state index contributed by atoms with van der Waals surface area (Å²) in [6.45, 7) is 12.4. The minimum Gasteiger partial charge on any atom is -0.508 e. The van der Waals surface area contributed by atoms with Crippen LogP contribution in [0, 0.1) is 5.41 Å². The van der Waals surface area contributed by atoms with Crippen molar-refractivity contribution in [3.05, 3.63) is 84.4 Å². The molecule has 1 N–H and O–H groups in total. The third kappa shape index (κ3) is 9.25. The van der Waals surface area contributed by atoms with Crippen LogP contribution < -0.4 is 0 Å². The summed E-state index contributed by atoms with van der Waals surface area (Å²) in [7, 11) is 0. The predicted octanol–water partition coefficient (Wildman–Crippen LogP) is 9.21. The molecule has 3 rings (SSSR count). The van der Waals surface area contributed by atoms with Crippen molar-refractivity contribution in [3.63, 3.8) is 0 Å². The van der Waals surface area contributed by atoms with Gasteiger partial charge in [0.15, 0.2) is 0 Å². The lowest BCUT2D eigenvalue weighted by molar-refractivity contribution is -0.168. The van der Waals surface area contributed by atoms with Gasteiger partial charge in [-0.1, -0.05) is 56.3 Å². The minimum atomic E-state index is -0.574. The molecule has 218 valence electrons. The van der Waals surface area contributed by atoms with Gasteiger partial charge in [0.1, 0.15) is 11.4 Å². The van der Waals surface area contributed by atoms with Gasteiger partial charge in [0, 0.05) is 18.4 Å². The number of imidazole rings is 1. The van der Waals surface area contributed by atoms with Gasteiger partial charge < -0.3 is 14.4 Å². The van der Waals surface area contributed by atoms with E-state index in [9.17, 15) is 9.90 Å². The number of aromatic nitrogens is 2. The zero-order valence-corrected chi connectivity index (χ0v) is 25.5. The van der Waals surface area contributed by atoms with Crippen molar-refractivity contribution in [2.24, 2.45) is 5.41 Å². The van der Waals surface area contributed by atoms with Gasteiger partial charge in [-0.25, -0.2) is 4.98 Å². The lowest BCUT2D eigenvalue weighted by Gasteiger charge is -2.34. The van der Waals surface area contributed by atoms with Crippen LogP contribution in [0.3, 0.4) is 0 Å². The van der Waals surface area contributed by atoms with Crippen LogP contribution in [0.15, 0.2) is 73.3 Å².